The van der Waals surface area contributed by atoms with Gasteiger partial charge in [0.05, 0.1) is 17.9 Å². The Kier molecular flexibility index (Phi) is 7.56. The molecule has 4 rings (SSSR count). The second-order valence-corrected chi connectivity index (χ2v) is 12.5. The molecular weight excluding hydrogens is 488 g/mol. The maximum atomic E-state index is 13.5. The van der Waals surface area contributed by atoms with Gasteiger partial charge in [0.2, 0.25) is 5.78 Å². The van der Waals surface area contributed by atoms with E-state index in [0.29, 0.717) is 6.42 Å². The summed E-state index contributed by atoms with van der Waals surface area (Å²) in [6.45, 7) is 8.82. The van der Waals surface area contributed by atoms with Crippen LogP contribution in [0.2, 0.25) is 0 Å². The molecule has 0 aromatic carbocycles. The summed E-state index contributed by atoms with van der Waals surface area (Å²) in [5, 5.41) is 32.9. The summed E-state index contributed by atoms with van der Waals surface area (Å²) < 4.78 is 5.32. The van der Waals surface area contributed by atoms with Gasteiger partial charge in [-0.25, -0.2) is 0 Å². The van der Waals surface area contributed by atoms with Crippen LogP contribution in [0, 0.1) is 46.3 Å². The fourth-order valence-electron chi connectivity index (χ4n) is 8.82. The van der Waals surface area contributed by atoms with Crippen LogP contribution in [0.3, 0.4) is 0 Å². The number of ether oxygens (including phenoxy) is 1. The van der Waals surface area contributed by atoms with E-state index in [1.807, 2.05) is 13.0 Å². The first-order chi connectivity index (χ1) is 17.7. The Balaban J connectivity index is 1.55. The molecule has 3 fully saturated rings. The monoisotopic (exact) mass is 530 g/mol. The van der Waals surface area contributed by atoms with Crippen molar-refractivity contribution >= 4 is 23.5 Å². The van der Waals surface area contributed by atoms with E-state index in [2.05, 4.69) is 13.8 Å². The van der Waals surface area contributed by atoms with E-state index in [-0.39, 0.29) is 55.1 Å². The van der Waals surface area contributed by atoms with Crippen LogP contribution in [0.15, 0.2) is 23.8 Å². The van der Waals surface area contributed by atoms with E-state index < -0.39 is 58.7 Å². The van der Waals surface area contributed by atoms with Crippen LogP contribution in [0.25, 0.3) is 0 Å². The lowest BCUT2D eigenvalue weighted by atomic mass is 9.45. The summed E-state index contributed by atoms with van der Waals surface area (Å²) in [7, 11) is 0. The molecule has 0 aromatic rings. The Morgan fingerprint density at radius 3 is 2.42 bits per heavy atom. The molecule has 38 heavy (non-hydrogen) atoms. The van der Waals surface area contributed by atoms with Crippen LogP contribution >= 0.6 is 0 Å². The second-order valence-electron chi connectivity index (χ2n) is 12.5. The zero-order valence-corrected chi connectivity index (χ0v) is 23.1. The Morgan fingerprint density at radius 2 is 1.82 bits per heavy atom. The van der Waals surface area contributed by atoms with Gasteiger partial charge in [0.15, 0.2) is 12.4 Å². The Labute approximate surface area is 224 Å². The third-order valence-electron chi connectivity index (χ3n) is 10.8. The summed E-state index contributed by atoms with van der Waals surface area (Å²) in [5.41, 5.74) is -2.09. The fraction of sp³-hybridized carbons (Fsp3) is 0.733. The van der Waals surface area contributed by atoms with Crippen molar-refractivity contribution in [3.05, 3.63) is 23.8 Å². The van der Waals surface area contributed by atoms with Crippen molar-refractivity contribution in [2.75, 3.05) is 6.61 Å². The number of hydrogen-bond acceptors (Lipinski definition) is 7. The maximum absolute atomic E-state index is 13.5. The number of ketones is 2. The van der Waals surface area contributed by atoms with Gasteiger partial charge in [0.1, 0.15) is 5.60 Å². The number of allylic oxidation sites excluding steroid dienone is 4. The number of aliphatic hydroxyl groups is 2. The largest absolute Gasteiger partial charge is 0.481 e. The molecule has 0 heterocycles. The summed E-state index contributed by atoms with van der Waals surface area (Å²) in [6.07, 6.45) is 6.78. The predicted octanol–water partition coefficient (Wildman–Crippen LogP) is 3.49. The highest BCUT2D eigenvalue weighted by Gasteiger charge is 2.68. The van der Waals surface area contributed by atoms with Gasteiger partial charge in [-0.1, -0.05) is 46.3 Å². The quantitative estimate of drug-likeness (QED) is 0.406. The Bertz CT molecular complexity index is 1080. The molecule has 210 valence electrons. The standard InChI is InChI=1S/C30H42O8/c1-6-18(26(34)35)19(7-2)27(36)38-15-24(33)30(37)11-9-21-20-12-16(3)22-13-17(31)8-10-28(22,4)25(20)23(32)14-29(21,30)5/h8,10,13,16,18-21,23,25,32,37H,6-7,9,11-12,14-15H2,1-5H3,(H,34,35)/t16-,18-,19-,20-,21-,23-,25+,28-,29-,30+/m0/s1. The molecule has 3 saturated carbocycles. The predicted molar refractivity (Wildman–Crippen MR) is 139 cm³/mol. The SMILES string of the molecule is CC[C@H](C(=O)O)[C@H](CC)C(=O)OCC(=O)[C@]1(O)CC[C@H]2[C@@H]3C[C@H](C)C4=CC(=O)C=C[C@]4(C)[C@H]3[C@@H](O)C[C@@]21C. The van der Waals surface area contributed by atoms with Gasteiger partial charge < -0.3 is 20.1 Å². The summed E-state index contributed by atoms with van der Waals surface area (Å²) in [6, 6.07) is 0. The minimum Gasteiger partial charge on any atom is -0.481 e. The van der Waals surface area contributed by atoms with Crippen LogP contribution in [0.4, 0.5) is 0 Å². The number of aliphatic hydroxyl groups excluding tert-OH is 1. The summed E-state index contributed by atoms with van der Waals surface area (Å²) in [5.74, 6) is -4.20. The van der Waals surface area contributed by atoms with E-state index in [0.717, 1.165) is 12.0 Å². The van der Waals surface area contributed by atoms with Crippen molar-refractivity contribution in [3.8, 4) is 0 Å². The molecule has 3 N–H and O–H groups in total. The molecule has 8 nitrogen and oxygen atoms in total. The number of hydrogen-bond donors (Lipinski definition) is 3. The van der Waals surface area contributed by atoms with Crippen molar-refractivity contribution in [1.29, 1.82) is 0 Å². The number of carbonyl (C=O) groups excluding carboxylic acids is 3. The minimum absolute atomic E-state index is 0.0210. The van der Waals surface area contributed by atoms with Gasteiger partial charge in [-0.3, -0.25) is 19.2 Å². The molecule has 0 spiro atoms. The first-order valence-electron chi connectivity index (χ1n) is 14.0. The molecule has 0 unspecified atom stereocenters. The van der Waals surface area contributed by atoms with E-state index in [1.54, 1.807) is 26.0 Å². The number of carboxylic acid groups (broad SMARTS) is 1. The second kappa shape index (κ2) is 10.0. The van der Waals surface area contributed by atoms with Gasteiger partial charge in [-0.2, -0.15) is 0 Å². The first kappa shape index (κ1) is 28.7. The Morgan fingerprint density at radius 1 is 1.16 bits per heavy atom. The third-order valence-corrected chi connectivity index (χ3v) is 10.8. The van der Waals surface area contributed by atoms with E-state index in [1.165, 1.54) is 0 Å². The van der Waals surface area contributed by atoms with Crippen molar-refractivity contribution in [2.24, 2.45) is 46.3 Å². The molecular formula is C30H42O8. The smallest absolute Gasteiger partial charge is 0.310 e. The van der Waals surface area contributed by atoms with Crippen LogP contribution in [0.5, 0.6) is 0 Å². The van der Waals surface area contributed by atoms with Crippen LogP contribution in [0.1, 0.15) is 73.1 Å². The molecule has 0 saturated heterocycles. The normalized spacial score (nSPS) is 41.3. The zero-order chi connectivity index (χ0) is 28.2. The third kappa shape index (κ3) is 4.19. The van der Waals surface area contributed by atoms with Gasteiger partial charge in [0.25, 0.3) is 0 Å². The molecule has 0 amide bonds. The van der Waals surface area contributed by atoms with E-state index in [9.17, 15) is 34.5 Å². The number of aliphatic carboxylic acids is 1. The summed E-state index contributed by atoms with van der Waals surface area (Å²) in [4.78, 5) is 49.9. The van der Waals surface area contributed by atoms with Gasteiger partial charge in [-0.05, 0) is 68.4 Å². The first-order valence-corrected chi connectivity index (χ1v) is 14.0. The zero-order valence-electron chi connectivity index (χ0n) is 23.1. The highest BCUT2D eigenvalue weighted by Crippen LogP contribution is 2.67. The van der Waals surface area contributed by atoms with Crippen molar-refractivity contribution in [2.45, 2.75) is 84.8 Å². The van der Waals surface area contributed by atoms with Gasteiger partial charge >= 0.3 is 11.9 Å². The molecule has 0 aliphatic heterocycles. The lowest BCUT2D eigenvalue weighted by Crippen LogP contribution is -2.62. The number of carboxylic acids is 1. The van der Waals surface area contributed by atoms with Crippen molar-refractivity contribution in [1.82, 2.24) is 0 Å². The topological polar surface area (TPSA) is 138 Å². The van der Waals surface area contributed by atoms with Crippen molar-refractivity contribution in [3.63, 3.8) is 0 Å². The number of carbonyl (C=O) groups is 4. The van der Waals surface area contributed by atoms with Crippen molar-refractivity contribution < 1.29 is 39.2 Å². The number of fused-ring (bicyclic) bond motifs is 5. The number of esters is 1. The minimum atomic E-state index is -1.76. The molecule has 0 bridgehead atoms. The molecule has 0 aromatic heterocycles. The van der Waals surface area contributed by atoms with Crippen LogP contribution in [-0.2, 0) is 23.9 Å². The van der Waals surface area contributed by atoms with Gasteiger partial charge in [-0.15, -0.1) is 0 Å². The number of rotatable bonds is 8. The number of Topliss-reactive ketones (excluding diaryl/α,β-unsaturated/α-hetero) is 1. The highest BCUT2D eigenvalue weighted by molar-refractivity contribution is 6.01. The lowest BCUT2D eigenvalue weighted by molar-refractivity contribution is -0.183. The molecule has 8 heteroatoms. The lowest BCUT2D eigenvalue weighted by Gasteiger charge is -2.60. The van der Waals surface area contributed by atoms with E-state index in [4.69, 9.17) is 4.74 Å². The average Bonchev–Trinajstić information content (AvgIpc) is 3.12. The Hall–Kier alpha value is -2.32. The molecule has 10 atom stereocenters. The van der Waals surface area contributed by atoms with Crippen LogP contribution in [-0.4, -0.2) is 57.1 Å². The average molecular weight is 531 g/mol. The summed E-state index contributed by atoms with van der Waals surface area (Å²) >= 11 is 0. The molecule has 0 radical (unpaired) electrons. The fourth-order valence-corrected chi connectivity index (χ4v) is 8.82. The highest BCUT2D eigenvalue weighted by atomic mass is 16.5. The molecule has 4 aliphatic carbocycles. The molecule has 4 aliphatic rings. The van der Waals surface area contributed by atoms with E-state index >= 15 is 0 Å². The maximum Gasteiger partial charge on any atom is 0.310 e. The van der Waals surface area contributed by atoms with Gasteiger partial charge in [0, 0.05) is 16.7 Å². The van der Waals surface area contributed by atoms with Crippen LogP contribution < -0.4 is 0 Å².